The summed E-state index contributed by atoms with van der Waals surface area (Å²) in [6.45, 7) is 1.44. The molecular weight excluding hydrogens is 414 g/mol. The minimum Gasteiger partial charge on any atom is -0.508 e. The highest BCUT2D eigenvalue weighted by atomic mass is 16.5. The lowest BCUT2D eigenvalue weighted by Gasteiger charge is -2.07. The fourth-order valence-electron chi connectivity index (χ4n) is 4.15. The number of carbonyl (C=O) groups excluding carboxylic acids is 1. The fraction of sp³-hybridized carbons (Fsp3) is 0.429. The van der Waals surface area contributed by atoms with E-state index in [0.717, 1.165) is 31.9 Å². The topological polar surface area (TPSA) is 70.6 Å². The van der Waals surface area contributed by atoms with Crippen molar-refractivity contribution in [1.82, 2.24) is 0 Å². The van der Waals surface area contributed by atoms with E-state index in [1.54, 1.807) is 0 Å². The summed E-state index contributed by atoms with van der Waals surface area (Å²) in [6.07, 6.45) is 14.1. The Labute approximate surface area is 196 Å². The van der Waals surface area contributed by atoms with E-state index in [1.807, 2.05) is 0 Å². The maximum absolute atomic E-state index is 11.9. The van der Waals surface area contributed by atoms with Gasteiger partial charge in [0, 0.05) is 30.0 Å². The Morgan fingerprint density at radius 3 is 2.12 bits per heavy atom. The molecule has 0 aliphatic rings. The number of aryl methyl sites for hydroxylation is 1. The Balaban J connectivity index is 1.15. The second kappa shape index (κ2) is 13.5. The van der Waals surface area contributed by atoms with Crippen LogP contribution in [0.15, 0.2) is 60.8 Å². The Hall–Kier alpha value is -3.08. The molecule has 0 unspecified atom stereocenters. The first kappa shape index (κ1) is 24.6. The summed E-state index contributed by atoms with van der Waals surface area (Å²) in [5.41, 5.74) is 1.40. The molecule has 0 saturated carbocycles. The van der Waals surface area contributed by atoms with Gasteiger partial charge in [0.25, 0.3) is 0 Å². The monoisotopic (exact) mass is 450 g/mol. The second-order valence-electron chi connectivity index (χ2n) is 8.63. The van der Waals surface area contributed by atoms with E-state index in [4.69, 9.17) is 4.74 Å². The predicted octanol–water partition coefficient (Wildman–Crippen LogP) is 6.30. The van der Waals surface area contributed by atoms with Crippen LogP contribution in [0.4, 0.5) is 0 Å². The van der Waals surface area contributed by atoms with Crippen molar-refractivity contribution in [2.45, 2.75) is 70.8 Å². The summed E-state index contributed by atoms with van der Waals surface area (Å²) in [6, 6.07) is 16.7. The number of carbonyl (C=O) groups is 1. The lowest BCUT2D eigenvalue weighted by atomic mass is 10.1. The summed E-state index contributed by atoms with van der Waals surface area (Å²) < 4.78 is 7.57. The number of pyridine rings is 1. The molecule has 3 rings (SSSR count). The highest BCUT2D eigenvalue weighted by Crippen LogP contribution is 2.23. The number of aromatic nitrogens is 1. The van der Waals surface area contributed by atoms with Crippen molar-refractivity contribution in [3.05, 3.63) is 66.4 Å². The molecular formula is C28H36NO4+. The van der Waals surface area contributed by atoms with Gasteiger partial charge >= 0.3 is 5.97 Å². The van der Waals surface area contributed by atoms with Crippen LogP contribution in [0, 0.1) is 0 Å². The molecule has 3 aromatic rings. The van der Waals surface area contributed by atoms with Crippen LogP contribution in [0.2, 0.25) is 0 Å². The third-order valence-corrected chi connectivity index (χ3v) is 6.02. The number of esters is 1. The molecule has 5 heteroatoms. The molecule has 1 aromatic heterocycles. The maximum atomic E-state index is 11.9. The molecule has 0 amide bonds. The highest BCUT2D eigenvalue weighted by Gasteiger charge is 2.12. The van der Waals surface area contributed by atoms with Gasteiger partial charge in [-0.25, -0.2) is 4.79 Å². The number of ether oxygens (including phenoxy) is 1. The van der Waals surface area contributed by atoms with E-state index in [-0.39, 0.29) is 17.1 Å². The largest absolute Gasteiger partial charge is 0.508 e. The summed E-state index contributed by atoms with van der Waals surface area (Å²) in [7, 11) is 0. The quantitative estimate of drug-likeness (QED) is 0.172. The van der Waals surface area contributed by atoms with Gasteiger partial charge in [0.1, 0.15) is 23.6 Å². The summed E-state index contributed by atoms with van der Waals surface area (Å²) >= 11 is 0. The normalized spacial score (nSPS) is 11.0. The third-order valence-electron chi connectivity index (χ3n) is 6.02. The Morgan fingerprint density at radius 2 is 1.39 bits per heavy atom. The number of hydrogen-bond donors (Lipinski definition) is 2. The number of phenolic OH excluding ortho intramolecular Hbond substituents is 2. The molecule has 0 fully saturated rings. The van der Waals surface area contributed by atoms with Gasteiger partial charge in [0.2, 0.25) is 5.52 Å². The van der Waals surface area contributed by atoms with Crippen molar-refractivity contribution < 1.29 is 24.3 Å². The van der Waals surface area contributed by atoms with E-state index >= 15 is 0 Å². The van der Waals surface area contributed by atoms with Crippen LogP contribution in [0.5, 0.6) is 11.5 Å². The van der Waals surface area contributed by atoms with Crippen molar-refractivity contribution in [2.75, 3.05) is 6.61 Å². The number of aromatic hydroxyl groups is 2. The van der Waals surface area contributed by atoms with Crippen LogP contribution in [0.25, 0.3) is 10.9 Å². The number of hydrogen-bond acceptors (Lipinski definition) is 4. The molecule has 0 spiro atoms. The molecule has 0 aliphatic heterocycles. The first-order chi connectivity index (χ1) is 16.1. The molecule has 0 bridgehead atoms. The molecule has 2 N–H and O–H groups in total. The smallest absolute Gasteiger partial charge is 0.341 e. The van der Waals surface area contributed by atoms with Crippen molar-refractivity contribution >= 4 is 16.9 Å². The van der Waals surface area contributed by atoms with Gasteiger partial charge in [-0.1, -0.05) is 57.1 Å². The Bertz CT molecular complexity index is 1010. The predicted molar refractivity (Wildman–Crippen MR) is 130 cm³/mol. The van der Waals surface area contributed by atoms with Crippen LogP contribution in [-0.2, 0) is 11.3 Å². The van der Waals surface area contributed by atoms with E-state index < -0.39 is 5.97 Å². The minimum absolute atomic E-state index is 0.0797. The van der Waals surface area contributed by atoms with Gasteiger partial charge in [-0.3, -0.25) is 0 Å². The molecule has 0 aliphatic carbocycles. The highest BCUT2D eigenvalue weighted by molar-refractivity contribution is 5.92. The van der Waals surface area contributed by atoms with Crippen LogP contribution in [-0.4, -0.2) is 22.8 Å². The zero-order chi connectivity index (χ0) is 23.3. The van der Waals surface area contributed by atoms with Crippen molar-refractivity contribution in [2.24, 2.45) is 0 Å². The molecule has 5 nitrogen and oxygen atoms in total. The van der Waals surface area contributed by atoms with Crippen molar-refractivity contribution in [1.29, 1.82) is 0 Å². The average Bonchev–Trinajstić information content (AvgIpc) is 2.82. The minimum atomic E-state index is -0.550. The van der Waals surface area contributed by atoms with Crippen molar-refractivity contribution in [3.8, 4) is 11.5 Å². The molecule has 2 aromatic carbocycles. The van der Waals surface area contributed by atoms with Gasteiger partial charge in [0.05, 0.1) is 6.61 Å². The Morgan fingerprint density at radius 1 is 0.758 bits per heavy atom. The van der Waals surface area contributed by atoms with Gasteiger partial charge in [-0.2, -0.15) is 4.57 Å². The molecule has 0 atom stereocenters. The van der Waals surface area contributed by atoms with Gasteiger partial charge < -0.3 is 14.9 Å². The Kier molecular flexibility index (Phi) is 10.0. The molecule has 0 saturated heterocycles. The summed E-state index contributed by atoms with van der Waals surface area (Å²) in [4.78, 5) is 11.9. The molecule has 0 radical (unpaired) electrons. The first-order valence-corrected chi connectivity index (χ1v) is 12.2. The van der Waals surface area contributed by atoms with Crippen LogP contribution in [0.3, 0.4) is 0 Å². The van der Waals surface area contributed by atoms with E-state index in [1.165, 1.54) is 68.0 Å². The number of phenols is 2. The third kappa shape index (κ3) is 8.08. The summed E-state index contributed by atoms with van der Waals surface area (Å²) in [5, 5.41) is 20.3. The number of rotatable bonds is 14. The zero-order valence-electron chi connectivity index (χ0n) is 19.4. The average molecular weight is 451 g/mol. The lowest BCUT2D eigenvalue weighted by Crippen LogP contribution is -2.33. The second-order valence-corrected chi connectivity index (χ2v) is 8.63. The number of unbranched alkanes of at least 4 members (excludes halogenated alkanes) is 9. The zero-order valence-corrected chi connectivity index (χ0v) is 19.4. The standard InChI is InChI=1S/C28H35NO4/c30-24-17-18-25(27(31)22-24)28(32)33-21-12-8-6-4-2-1-3-5-7-11-19-29-20-13-15-23-14-9-10-16-26(23)29/h9-10,13-18,20,22H,1-8,11-12,19,21H2,(H-,30,31,32)/p+1. The number of fused-ring (bicyclic) bond motifs is 1. The van der Waals surface area contributed by atoms with E-state index in [9.17, 15) is 15.0 Å². The molecule has 1 heterocycles. The van der Waals surface area contributed by atoms with Gasteiger partial charge in [-0.15, -0.1) is 0 Å². The first-order valence-electron chi connectivity index (χ1n) is 12.2. The summed E-state index contributed by atoms with van der Waals surface area (Å²) in [5.74, 6) is -0.886. The lowest BCUT2D eigenvalue weighted by molar-refractivity contribution is -0.671. The van der Waals surface area contributed by atoms with Gasteiger partial charge in [0.15, 0.2) is 6.20 Å². The van der Waals surface area contributed by atoms with Crippen LogP contribution >= 0.6 is 0 Å². The fourth-order valence-corrected chi connectivity index (χ4v) is 4.15. The van der Waals surface area contributed by atoms with Gasteiger partial charge in [-0.05, 0) is 37.1 Å². The molecule has 176 valence electrons. The number of nitrogens with zero attached hydrogens (tertiary/aromatic N) is 1. The molecule has 33 heavy (non-hydrogen) atoms. The maximum Gasteiger partial charge on any atom is 0.341 e. The SMILES string of the molecule is O=C(OCCCCCCCCCCCC[n+]1cccc2ccccc21)c1ccc(O)cc1O. The number of benzene rings is 2. The van der Waals surface area contributed by atoms with Crippen molar-refractivity contribution in [3.63, 3.8) is 0 Å². The van der Waals surface area contributed by atoms with E-state index in [2.05, 4.69) is 47.2 Å². The van der Waals surface area contributed by atoms with Crippen LogP contribution < -0.4 is 4.57 Å². The van der Waals surface area contributed by atoms with E-state index in [0.29, 0.717) is 6.61 Å². The van der Waals surface area contributed by atoms with Crippen LogP contribution in [0.1, 0.15) is 74.6 Å². The number of para-hydroxylation sites is 1.